The summed E-state index contributed by atoms with van der Waals surface area (Å²) >= 11 is 1.86. The molecule has 0 aliphatic heterocycles. The summed E-state index contributed by atoms with van der Waals surface area (Å²) in [7, 11) is 0. The average molecular weight is 275 g/mol. The average Bonchev–Trinajstić information content (AvgIpc) is 2.86. The molecule has 1 aromatic carbocycles. The topological polar surface area (TPSA) is 40.7 Å². The predicted octanol–water partition coefficient (Wildman–Crippen LogP) is 3.15. The van der Waals surface area contributed by atoms with Gasteiger partial charge in [-0.25, -0.2) is 0 Å². The summed E-state index contributed by atoms with van der Waals surface area (Å²) in [5.41, 5.74) is 6.20. The van der Waals surface area contributed by atoms with Crippen molar-refractivity contribution in [2.24, 2.45) is 0 Å². The van der Waals surface area contributed by atoms with Gasteiger partial charge in [0.2, 0.25) is 0 Å². The first-order valence-corrected chi connectivity index (χ1v) is 7.91. The number of aromatic amines is 1. The van der Waals surface area contributed by atoms with E-state index < -0.39 is 0 Å². The van der Waals surface area contributed by atoms with Crippen LogP contribution >= 0.6 is 11.8 Å². The second-order valence-electron chi connectivity index (χ2n) is 4.74. The molecule has 0 saturated carbocycles. The van der Waals surface area contributed by atoms with Crippen LogP contribution in [0.4, 0.5) is 0 Å². The van der Waals surface area contributed by atoms with Crippen molar-refractivity contribution in [3.8, 4) is 11.3 Å². The number of rotatable bonds is 6. The fourth-order valence-electron chi connectivity index (χ4n) is 1.99. The summed E-state index contributed by atoms with van der Waals surface area (Å²) in [6.45, 7) is 6.17. The highest BCUT2D eigenvalue weighted by molar-refractivity contribution is 7.98. The Hall–Kier alpha value is -1.26. The lowest BCUT2D eigenvalue weighted by Gasteiger charge is -2.07. The summed E-state index contributed by atoms with van der Waals surface area (Å²) in [6, 6.07) is 6.53. The zero-order valence-electron chi connectivity index (χ0n) is 11.8. The van der Waals surface area contributed by atoms with Crippen molar-refractivity contribution >= 4 is 11.8 Å². The number of benzene rings is 1. The molecule has 3 nitrogen and oxygen atoms in total. The van der Waals surface area contributed by atoms with Crippen molar-refractivity contribution in [1.29, 1.82) is 0 Å². The molecule has 0 atom stereocenters. The van der Waals surface area contributed by atoms with E-state index in [-0.39, 0.29) is 0 Å². The van der Waals surface area contributed by atoms with Gasteiger partial charge in [0.15, 0.2) is 0 Å². The van der Waals surface area contributed by atoms with Crippen molar-refractivity contribution < 1.29 is 0 Å². The van der Waals surface area contributed by atoms with Crippen LogP contribution in [0.2, 0.25) is 0 Å². The number of thioether (sulfide) groups is 1. The molecular weight excluding hydrogens is 254 g/mol. The minimum Gasteiger partial charge on any atom is -0.312 e. The van der Waals surface area contributed by atoms with Gasteiger partial charge in [0.1, 0.15) is 0 Å². The van der Waals surface area contributed by atoms with Crippen molar-refractivity contribution in [1.82, 2.24) is 15.5 Å². The first-order chi connectivity index (χ1) is 9.22. The number of hydrogen-bond donors (Lipinski definition) is 2. The maximum atomic E-state index is 4.18. The molecule has 0 bridgehead atoms. The summed E-state index contributed by atoms with van der Waals surface area (Å²) < 4.78 is 0. The van der Waals surface area contributed by atoms with Crippen LogP contribution in [0.5, 0.6) is 0 Å². The molecule has 2 rings (SSSR count). The molecule has 1 aromatic heterocycles. The highest BCUT2D eigenvalue weighted by atomic mass is 32.2. The Labute approximate surface area is 119 Å². The molecule has 2 aromatic rings. The molecule has 0 radical (unpaired) electrons. The van der Waals surface area contributed by atoms with Gasteiger partial charge in [-0.05, 0) is 37.3 Å². The van der Waals surface area contributed by atoms with Crippen LogP contribution in [-0.4, -0.2) is 28.8 Å². The second kappa shape index (κ2) is 6.78. The van der Waals surface area contributed by atoms with Gasteiger partial charge in [-0.3, -0.25) is 5.10 Å². The summed E-state index contributed by atoms with van der Waals surface area (Å²) in [4.78, 5) is 0. The number of nitrogens with one attached hydrogen (secondary N) is 2. The van der Waals surface area contributed by atoms with Crippen LogP contribution < -0.4 is 5.32 Å². The van der Waals surface area contributed by atoms with Gasteiger partial charge < -0.3 is 5.32 Å². The molecule has 0 aliphatic rings. The van der Waals surface area contributed by atoms with E-state index in [2.05, 4.69) is 53.8 Å². The molecule has 1 heterocycles. The molecule has 0 saturated heterocycles. The molecule has 0 unspecified atom stereocenters. The standard InChI is InChI=1S/C15H21N3S/c1-11-4-5-13(8-12(11)2)15-14(10-17-18-15)9-16-6-7-19-3/h4-5,8,10,16H,6-7,9H2,1-3H3,(H,17,18). The third-order valence-corrected chi connectivity index (χ3v) is 3.92. The predicted molar refractivity (Wildman–Crippen MR) is 83.6 cm³/mol. The van der Waals surface area contributed by atoms with E-state index in [1.54, 1.807) is 0 Å². The summed E-state index contributed by atoms with van der Waals surface area (Å²) in [5.74, 6) is 1.14. The maximum absolute atomic E-state index is 4.18. The fraction of sp³-hybridized carbons (Fsp3) is 0.400. The molecule has 0 fully saturated rings. The van der Waals surface area contributed by atoms with E-state index in [0.29, 0.717) is 0 Å². The van der Waals surface area contributed by atoms with E-state index in [0.717, 1.165) is 24.5 Å². The normalized spacial score (nSPS) is 10.9. The van der Waals surface area contributed by atoms with E-state index in [4.69, 9.17) is 0 Å². The Morgan fingerprint density at radius 1 is 1.26 bits per heavy atom. The SMILES string of the molecule is CSCCNCc1cn[nH]c1-c1ccc(C)c(C)c1. The number of H-pyrrole nitrogens is 1. The van der Waals surface area contributed by atoms with E-state index >= 15 is 0 Å². The zero-order valence-corrected chi connectivity index (χ0v) is 12.6. The monoisotopic (exact) mass is 275 g/mol. The van der Waals surface area contributed by atoms with Crippen molar-refractivity contribution in [2.75, 3.05) is 18.6 Å². The van der Waals surface area contributed by atoms with Gasteiger partial charge in [-0.1, -0.05) is 12.1 Å². The smallest absolute Gasteiger partial charge is 0.0695 e. The zero-order chi connectivity index (χ0) is 13.7. The van der Waals surface area contributed by atoms with Gasteiger partial charge in [0.25, 0.3) is 0 Å². The molecule has 0 spiro atoms. The first-order valence-electron chi connectivity index (χ1n) is 6.52. The third kappa shape index (κ3) is 3.61. The second-order valence-corrected chi connectivity index (χ2v) is 5.72. The van der Waals surface area contributed by atoms with E-state index in [9.17, 15) is 0 Å². The quantitative estimate of drug-likeness (QED) is 0.796. The number of hydrogen-bond acceptors (Lipinski definition) is 3. The molecule has 0 amide bonds. The van der Waals surface area contributed by atoms with E-state index in [1.165, 1.54) is 22.3 Å². The Bertz CT molecular complexity index is 534. The minimum absolute atomic E-state index is 0.860. The Kier molecular flexibility index (Phi) is 5.05. The molecule has 2 N–H and O–H groups in total. The molecular formula is C15H21N3S. The molecule has 0 aliphatic carbocycles. The van der Waals surface area contributed by atoms with Crippen LogP contribution in [0.15, 0.2) is 24.4 Å². The lowest BCUT2D eigenvalue weighted by Crippen LogP contribution is -2.16. The van der Waals surface area contributed by atoms with Crippen LogP contribution in [-0.2, 0) is 6.54 Å². The van der Waals surface area contributed by atoms with E-state index in [1.807, 2.05) is 18.0 Å². The number of nitrogens with zero attached hydrogens (tertiary/aromatic N) is 1. The van der Waals surface area contributed by atoms with Gasteiger partial charge in [0.05, 0.1) is 11.9 Å². The van der Waals surface area contributed by atoms with Crippen LogP contribution in [0, 0.1) is 13.8 Å². The van der Waals surface area contributed by atoms with Gasteiger partial charge >= 0.3 is 0 Å². The minimum atomic E-state index is 0.860. The van der Waals surface area contributed by atoms with Crippen LogP contribution in [0.1, 0.15) is 16.7 Å². The molecule has 102 valence electrons. The first kappa shape index (κ1) is 14.2. The highest BCUT2D eigenvalue weighted by Gasteiger charge is 2.08. The van der Waals surface area contributed by atoms with Crippen LogP contribution in [0.3, 0.4) is 0 Å². The maximum Gasteiger partial charge on any atom is 0.0695 e. The Balaban J connectivity index is 2.12. The Morgan fingerprint density at radius 3 is 2.84 bits per heavy atom. The van der Waals surface area contributed by atoms with Gasteiger partial charge in [-0.15, -0.1) is 0 Å². The highest BCUT2D eigenvalue weighted by Crippen LogP contribution is 2.23. The third-order valence-electron chi connectivity index (χ3n) is 3.31. The van der Waals surface area contributed by atoms with Crippen molar-refractivity contribution in [3.05, 3.63) is 41.1 Å². The summed E-state index contributed by atoms with van der Waals surface area (Å²) in [5, 5.41) is 10.7. The van der Waals surface area contributed by atoms with Gasteiger partial charge in [-0.2, -0.15) is 16.9 Å². The van der Waals surface area contributed by atoms with Gasteiger partial charge in [0, 0.05) is 30.0 Å². The van der Waals surface area contributed by atoms with Crippen molar-refractivity contribution in [3.63, 3.8) is 0 Å². The molecule has 19 heavy (non-hydrogen) atoms. The number of aromatic nitrogens is 2. The lowest BCUT2D eigenvalue weighted by atomic mass is 10.0. The summed E-state index contributed by atoms with van der Waals surface area (Å²) in [6.07, 6.45) is 4.04. The number of aryl methyl sites for hydroxylation is 2. The molecule has 4 heteroatoms. The largest absolute Gasteiger partial charge is 0.312 e. The van der Waals surface area contributed by atoms with Crippen molar-refractivity contribution in [2.45, 2.75) is 20.4 Å². The van der Waals surface area contributed by atoms with Crippen LogP contribution in [0.25, 0.3) is 11.3 Å². The fourth-order valence-corrected chi connectivity index (χ4v) is 2.34. The Morgan fingerprint density at radius 2 is 2.11 bits per heavy atom. The lowest BCUT2D eigenvalue weighted by molar-refractivity contribution is 0.734.